The zero-order valence-electron chi connectivity index (χ0n) is 11.0. The molecule has 1 fully saturated rings. The molecule has 0 aromatic carbocycles. The Morgan fingerprint density at radius 2 is 2.25 bits per heavy atom. The first-order valence-electron chi connectivity index (χ1n) is 6.51. The molecule has 3 nitrogen and oxygen atoms in total. The number of aliphatic hydroxyl groups excluding tert-OH is 1. The number of ether oxygens (including phenoxy) is 1. The van der Waals surface area contributed by atoms with Gasteiger partial charge in [0, 0.05) is 25.8 Å². The Balaban J connectivity index is 2.32. The van der Waals surface area contributed by atoms with Crippen LogP contribution in [0.2, 0.25) is 0 Å². The van der Waals surface area contributed by atoms with E-state index in [1.165, 1.54) is 6.42 Å². The lowest BCUT2D eigenvalue weighted by atomic mass is 9.88. The molecule has 0 radical (unpaired) electrons. The molecule has 3 heteroatoms. The second-order valence-corrected chi connectivity index (χ2v) is 5.66. The summed E-state index contributed by atoms with van der Waals surface area (Å²) in [5, 5.41) is 12.6. The Bertz CT molecular complexity index is 188. The van der Waals surface area contributed by atoms with Gasteiger partial charge in [-0.3, -0.25) is 0 Å². The molecule has 0 aromatic rings. The minimum absolute atomic E-state index is 0.182. The van der Waals surface area contributed by atoms with E-state index in [9.17, 15) is 0 Å². The fourth-order valence-electron chi connectivity index (χ4n) is 2.31. The lowest BCUT2D eigenvalue weighted by Gasteiger charge is -2.29. The van der Waals surface area contributed by atoms with Crippen LogP contribution >= 0.6 is 0 Å². The summed E-state index contributed by atoms with van der Waals surface area (Å²) in [7, 11) is 0. The molecule has 2 atom stereocenters. The Hall–Kier alpha value is -0.120. The highest BCUT2D eigenvalue weighted by atomic mass is 16.5. The molecule has 0 spiro atoms. The maximum absolute atomic E-state index is 8.99. The Morgan fingerprint density at radius 3 is 2.75 bits per heavy atom. The van der Waals surface area contributed by atoms with Crippen molar-refractivity contribution in [3.8, 4) is 0 Å². The van der Waals surface area contributed by atoms with Crippen LogP contribution in [0.5, 0.6) is 0 Å². The van der Waals surface area contributed by atoms with E-state index in [1.54, 1.807) is 0 Å². The van der Waals surface area contributed by atoms with Gasteiger partial charge in [-0.15, -0.1) is 0 Å². The number of aliphatic hydroxyl groups is 1. The Morgan fingerprint density at radius 1 is 1.50 bits per heavy atom. The van der Waals surface area contributed by atoms with Gasteiger partial charge in [-0.2, -0.15) is 0 Å². The molecule has 0 aromatic heterocycles. The first-order chi connectivity index (χ1) is 7.59. The highest BCUT2D eigenvalue weighted by Crippen LogP contribution is 2.22. The smallest absolute Gasteiger partial charge is 0.0509 e. The third-order valence-corrected chi connectivity index (χ3v) is 3.61. The van der Waals surface area contributed by atoms with Crippen LogP contribution in [-0.2, 0) is 4.74 Å². The molecular weight excluding hydrogens is 202 g/mol. The van der Waals surface area contributed by atoms with Crippen molar-refractivity contribution in [2.24, 2.45) is 11.3 Å². The molecule has 16 heavy (non-hydrogen) atoms. The van der Waals surface area contributed by atoms with Gasteiger partial charge in [0.2, 0.25) is 0 Å². The molecule has 1 aliphatic heterocycles. The van der Waals surface area contributed by atoms with E-state index in [0.717, 1.165) is 32.6 Å². The van der Waals surface area contributed by atoms with Gasteiger partial charge in [-0.1, -0.05) is 20.8 Å². The zero-order valence-corrected chi connectivity index (χ0v) is 11.0. The van der Waals surface area contributed by atoms with Crippen LogP contribution in [0.25, 0.3) is 0 Å². The van der Waals surface area contributed by atoms with Crippen molar-refractivity contribution in [2.45, 2.75) is 46.1 Å². The monoisotopic (exact) mass is 229 g/mol. The minimum atomic E-state index is 0.182. The minimum Gasteiger partial charge on any atom is -0.396 e. The van der Waals surface area contributed by atoms with Gasteiger partial charge in [-0.25, -0.2) is 0 Å². The molecule has 1 saturated heterocycles. The summed E-state index contributed by atoms with van der Waals surface area (Å²) in [5.41, 5.74) is 0.182. The normalized spacial score (nSPS) is 23.6. The van der Waals surface area contributed by atoms with Crippen LogP contribution < -0.4 is 5.32 Å². The maximum Gasteiger partial charge on any atom is 0.0509 e. The molecule has 0 saturated carbocycles. The van der Waals surface area contributed by atoms with Crippen LogP contribution in [0.1, 0.15) is 40.0 Å². The van der Waals surface area contributed by atoms with Gasteiger partial charge in [-0.05, 0) is 30.6 Å². The lowest BCUT2D eigenvalue weighted by Crippen LogP contribution is -2.41. The largest absolute Gasteiger partial charge is 0.396 e. The van der Waals surface area contributed by atoms with E-state index < -0.39 is 0 Å². The molecule has 1 aliphatic rings. The third kappa shape index (κ3) is 4.40. The topological polar surface area (TPSA) is 41.5 Å². The van der Waals surface area contributed by atoms with Gasteiger partial charge < -0.3 is 15.2 Å². The summed E-state index contributed by atoms with van der Waals surface area (Å²) in [5.74, 6) is 0.676. The predicted molar refractivity (Wildman–Crippen MR) is 66.5 cm³/mol. The van der Waals surface area contributed by atoms with Crippen LogP contribution in [-0.4, -0.2) is 37.5 Å². The predicted octanol–water partition coefficient (Wildman–Crippen LogP) is 1.80. The van der Waals surface area contributed by atoms with Crippen molar-refractivity contribution < 1.29 is 9.84 Å². The molecule has 0 amide bonds. The van der Waals surface area contributed by atoms with E-state index in [0.29, 0.717) is 12.0 Å². The Kier molecular flexibility index (Phi) is 5.73. The van der Waals surface area contributed by atoms with E-state index in [-0.39, 0.29) is 12.0 Å². The standard InChI is InChI=1S/C13H27NO2/c1-4-12(11-5-8-16-9-11)14-10-13(2,3)6-7-15/h11-12,14-15H,4-10H2,1-3H3. The van der Waals surface area contributed by atoms with Crippen molar-refractivity contribution >= 4 is 0 Å². The van der Waals surface area contributed by atoms with Crippen molar-refractivity contribution in [1.29, 1.82) is 0 Å². The summed E-state index contributed by atoms with van der Waals surface area (Å²) in [4.78, 5) is 0. The molecule has 1 heterocycles. The van der Waals surface area contributed by atoms with Gasteiger partial charge in [0.05, 0.1) is 6.61 Å². The summed E-state index contributed by atoms with van der Waals surface area (Å²) in [6.45, 7) is 9.71. The number of nitrogens with one attached hydrogen (secondary N) is 1. The molecule has 0 bridgehead atoms. The second kappa shape index (κ2) is 6.58. The van der Waals surface area contributed by atoms with Crippen LogP contribution in [0.3, 0.4) is 0 Å². The maximum atomic E-state index is 8.99. The zero-order chi connectivity index (χ0) is 12.0. The summed E-state index contributed by atoms with van der Waals surface area (Å²) in [6, 6.07) is 0.570. The summed E-state index contributed by atoms with van der Waals surface area (Å²) in [6.07, 6.45) is 3.20. The number of rotatable bonds is 7. The van der Waals surface area contributed by atoms with E-state index in [2.05, 4.69) is 26.1 Å². The molecular formula is C13H27NO2. The Labute approximate surface area is 99.6 Å². The molecule has 2 N–H and O–H groups in total. The van der Waals surface area contributed by atoms with Crippen LogP contribution in [0.4, 0.5) is 0 Å². The lowest BCUT2D eigenvalue weighted by molar-refractivity contribution is 0.166. The number of hydrogen-bond acceptors (Lipinski definition) is 3. The van der Waals surface area contributed by atoms with Gasteiger partial charge >= 0.3 is 0 Å². The highest BCUT2D eigenvalue weighted by Gasteiger charge is 2.26. The first kappa shape index (κ1) is 13.9. The van der Waals surface area contributed by atoms with E-state index >= 15 is 0 Å². The van der Waals surface area contributed by atoms with E-state index in [1.807, 2.05) is 0 Å². The third-order valence-electron chi connectivity index (χ3n) is 3.61. The van der Waals surface area contributed by atoms with E-state index in [4.69, 9.17) is 9.84 Å². The fraction of sp³-hybridized carbons (Fsp3) is 1.00. The SMILES string of the molecule is CCC(NCC(C)(C)CCO)C1CCOC1. The quantitative estimate of drug-likeness (QED) is 0.699. The molecule has 1 rings (SSSR count). The average molecular weight is 229 g/mol. The van der Waals surface area contributed by atoms with Gasteiger partial charge in [0.15, 0.2) is 0 Å². The van der Waals surface area contributed by atoms with Crippen molar-refractivity contribution in [1.82, 2.24) is 5.32 Å². The van der Waals surface area contributed by atoms with Crippen LogP contribution in [0.15, 0.2) is 0 Å². The van der Waals surface area contributed by atoms with Gasteiger partial charge in [0.1, 0.15) is 0 Å². The van der Waals surface area contributed by atoms with Crippen molar-refractivity contribution in [2.75, 3.05) is 26.4 Å². The van der Waals surface area contributed by atoms with Crippen molar-refractivity contribution in [3.63, 3.8) is 0 Å². The summed E-state index contributed by atoms with van der Waals surface area (Å²) < 4.78 is 5.44. The molecule has 96 valence electrons. The summed E-state index contributed by atoms with van der Waals surface area (Å²) >= 11 is 0. The highest BCUT2D eigenvalue weighted by molar-refractivity contribution is 4.81. The second-order valence-electron chi connectivity index (χ2n) is 5.66. The van der Waals surface area contributed by atoms with Crippen molar-refractivity contribution in [3.05, 3.63) is 0 Å². The molecule has 2 unspecified atom stereocenters. The first-order valence-corrected chi connectivity index (χ1v) is 6.51. The average Bonchev–Trinajstić information content (AvgIpc) is 2.72. The fourth-order valence-corrected chi connectivity index (χ4v) is 2.31. The van der Waals surface area contributed by atoms with Gasteiger partial charge in [0.25, 0.3) is 0 Å². The van der Waals surface area contributed by atoms with Crippen LogP contribution in [0, 0.1) is 11.3 Å². The molecule has 0 aliphatic carbocycles. The number of hydrogen-bond donors (Lipinski definition) is 2.